The summed E-state index contributed by atoms with van der Waals surface area (Å²) >= 11 is 0. The maximum Gasteiger partial charge on any atom is 0.119 e. The Morgan fingerprint density at radius 3 is 2.07 bits per heavy atom. The average Bonchev–Trinajstić information content (AvgIpc) is 2.18. The molecular formula is C12H18OY-2. The van der Waals surface area contributed by atoms with E-state index >= 15 is 0 Å². The van der Waals surface area contributed by atoms with E-state index in [1.165, 1.54) is 0 Å². The number of benzene rings is 1. The van der Waals surface area contributed by atoms with E-state index in [4.69, 9.17) is 4.74 Å². The van der Waals surface area contributed by atoms with Crippen molar-refractivity contribution < 1.29 is 37.4 Å². The zero-order valence-corrected chi connectivity index (χ0v) is 11.7. The van der Waals surface area contributed by atoms with Crippen LogP contribution in [0.4, 0.5) is 0 Å². The number of hydrogen-bond donors (Lipinski definition) is 0. The first-order valence-electron chi connectivity index (χ1n) is 4.61. The molecule has 0 bridgehead atoms. The first kappa shape index (κ1) is 16.5. The predicted molar refractivity (Wildman–Crippen MR) is 57.6 cm³/mol. The summed E-state index contributed by atoms with van der Waals surface area (Å²) in [6.45, 7) is 9.87. The third kappa shape index (κ3) is 10.2. The first-order chi connectivity index (χ1) is 6.35. The summed E-state index contributed by atoms with van der Waals surface area (Å²) in [5.41, 5.74) is 0. The molecule has 14 heavy (non-hydrogen) atoms. The number of ether oxygens (including phenoxy) is 1. The Hall–Kier alpha value is 0.124. The van der Waals surface area contributed by atoms with E-state index in [0.717, 1.165) is 18.6 Å². The quantitative estimate of drug-likeness (QED) is 0.761. The van der Waals surface area contributed by atoms with E-state index in [1.807, 2.05) is 37.3 Å². The normalized spacial score (nSPS) is 7.93. The Morgan fingerprint density at radius 1 is 1.14 bits per heavy atom. The fourth-order valence-corrected chi connectivity index (χ4v) is 0.707. The first-order valence-corrected chi connectivity index (χ1v) is 4.61. The Kier molecular flexibility index (Phi) is 15.5. The van der Waals surface area contributed by atoms with Crippen LogP contribution in [-0.4, -0.2) is 6.61 Å². The summed E-state index contributed by atoms with van der Waals surface area (Å²) in [7, 11) is 0. The molecule has 0 N–H and O–H groups in total. The van der Waals surface area contributed by atoms with Crippen LogP contribution in [-0.2, 0) is 32.7 Å². The minimum absolute atomic E-state index is 0. The van der Waals surface area contributed by atoms with Gasteiger partial charge in [-0.3, -0.25) is 0 Å². The third-order valence-electron chi connectivity index (χ3n) is 1.16. The van der Waals surface area contributed by atoms with Gasteiger partial charge < -0.3 is 18.6 Å². The van der Waals surface area contributed by atoms with Gasteiger partial charge in [0.25, 0.3) is 0 Å². The molecule has 1 rings (SSSR count). The zero-order valence-electron chi connectivity index (χ0n) is 8.91. The van der Waals surface area contributed by atoms with Crippen LogP contribution >= 0.6 is 0 Å². The molecule has 0 spiro atoms. The molecule has 0 amide bonds. The fraction of sp³-hybridized carbons (Fsp3) is 0.333. The van der Waals surface area contributed by atoms with Crippen LogP contribution < -0.4 is 4.74 Å². The van der Waals surface area contributed by atoms with Crippen LogP contribution in [0.15, 0.2) is 30.3 Å². The summed E-state index contributed by atoms with van der Waals surface area (Å²) < 4.78 is 5.29. The van der Waals surface area contributed by atoms with Crippen LogP contribution in [0, 0.1) is 13.8 Å². The molecule has 0 aliphatic rings. The molecule has 0 fully saturated rings. The molecule has 0 aliphatic carbocycles. The maximum absolute atomic E-state index is 5.29. The zero-order chi connectivity index (χ0) is 9.94. The summed E-state index contributed by atoms with van der Waals surface area (Å²) in [6.07, 6.45) is 1.81. The van der Waals surface area contributed by atoms with Gasteiger partial charge >= 0.3 is 0 Å². The van der Waals surface area contributed by atoms with Crippen LogP contribution in [0.25, 0.3) is 0 Å². The molecule has 0 aliphatic heterocycles. The largest absolute Gasteiger partial charge is 0.496 e. The maximum atomic E-state index is 5.29. The van der Waals surface area contributed by atoms with E-state index < -0.39 is 0 Å². The monoisotopic (exact) mass is 267 g/mol. The fourth-order valence-electron chi connectivity index (χ4n) is 0.707. The van der Waals surface area contributed by atoms with Crippen molar-refractivity contribution in [1.29, 1.82) is 0 Å². The predicted octanol–water partition coefficient (Wildman–Crippen LogP) is 3.52. The van der Waals surface area contributed by atoms with Crippen LogP contribution in [0.2, 0.25) is 0 Å². The van der Waals surface area contributed by atoms with Gasteiger partial charge in [-0.2, -0.15) is 6.42 Å². The van der Waals surface area contributed by atoms with Gasteiger partial charge in [-0.1, -0.05) is 25.1 Å². The van der Waals surface area contributed by atoms with Crippen molar-refractivity contribution in [2.75, 3.05) is 6.61 Å². The van der Waals surface area contributed by atoms with E-state index in [9.17, 15) is 0 Å². The van der Waals surface area contributed by atoms with Crippen molar-refractivity contribution in [2.24, 2.45) is 0 Å². The second kappa shape index (κ2) is 13.1. The molecule has 1 aromatic carbocycles. The molecule has 0 saturated heterocycles. The van der Waals surface area contributed by atoms with Gasteiger partial charge in [0.05, 0.1) is 6.61 Å². The number of para-hydroxylation sites is 1. The average molecular weight is 267 g/mol. The van der Waals surface area contributed by atoms with Crippen molar-refractivity contribution >= 4 is 0 Å². The third-order valence-corrected chi connectivity index (χ3v) is 1.16. The molecule has 0 aromatic heterocycles. The molecule has 2 heteroatoms. The van der Waals surface area contributed by atoms with Crippen molar-refractivity contribution in [2.45, 2.75) is 19.8 Å². The van der Waals surface area contributed by atoms with E-state index in [0.29, 0.717) is 6.61 Å². The summed E-state index contributed by atoms with van der Waals surface area (Å²) in [5, 5.41) is 0. The Morgan fingerprint density at radius 2 is 1.64 bits per heavy atom. The SMILES string of the molecule is [CH2-]CC.[CH2-]CCOc1ccccc1.[Y]. The molecule has 77 valence electrons. The van der Waals surface area contributed by atoms with Crippen molar-refractivity contribution in [3.63, 3.8) is 0 Å². The molecule has 1 radical (unpaired) electrons. The van der Waals surface area contributed by atoms with Crippen LogP contribution in [0.3, 0.4) is 0 Å². The smallest absolute Gasteiger partial charge is 0.119 e. The van der Waals surface area contributed by atoms with E-state index in [-0.39, 0.29) is 32.7 Å². The Balaban J connectivity index is 0. The Bertz CT molecular complexity index is 187. The minimum atomic E-state index is 0. The number of hydrogen-bond acceptors (Lipinski definition) is 1. The van der Waals surface area contributed by atoms with Gasteiger partial charge in [-0.05, 0) is 12.1 Å². The van der Waals surface area contributed by atoms with Gasteiger partial charge in [0.15, 0.2) is 0 Å². The summed E-state index contributed by atoms with van der Waals surface area (Å²) in [6, 6.07) is 9.76. The summed E-state index contributed by atoms with van der Waals surface area (Å²) in [4.78, 5) is 0. The van der Waals surface area contributed by atoms with Crippen LogP contribution in [0.5, 0.6) is 5.75 Å². The second-order valence-corrected chi connectivity index (χ2v) is 2.52. The van der Waals surface area contributed by atoms with Crippen LogP contribution in [0.1, 0.15) is 19.8 Å². The van der Waals surface area contributed by atoms with Gasteiger partial charge in [0, 0.05) is 32.7 Å². The van der Waals surface area contributed by atoms with E-state index in [2.05, 4.69) is 13.8 Å². The molecule has 1 aromatic rings. The van der Waals surface area contributed by atoms with Gasteiger partial charge in [-0.25, -0.2) is 0 Å². The molecule has 1 nitrogen and oxygen atoms in total. The standard InChI is InChI=1S/C9H11O.C3H7.Y/c1-2-8-10-9-6-4-3-5-7-9;1-3-2;/h3-7H,1-2,8H2;1,3H2,2H3;/q2*-1;. The minimum Gasteiger partial charge on any atom is -0.496 e. The van der Waals surface area contributed by atoms with Crippen molar-refractivity contribution in [3.8, 4) is 5.75 Å². The van der Waals surface area contributed by atoms with Crippen molar-refractivity contribution in [1.82, 2.24) is 0 Å². The van der Waals surface area contributed by atoms with Gasteiger partial charge in [-0.15, -0.1) is 6.42 Å². The van der Waals surface area contributed by atoms with Crippen molar-refractivity contribution in [3.05, 3.63) is 44.2 Å². The summed E-state index contributed by atoms with van der Waals surface area (Å²) in [5.74, 6) is 0.922. The Labute approximate surface area is 113 Å². The molecular weight excluding hydrogens is 249 g/mol. The second-order valence-electron chi connectivity index (χ2n) is 2.52. The topological polar surface area (TPSA) is 9.23 Å². The van der Waals surface area contributed by atoms with Gasteiger partial charge in [0.1, 0.15) is 5.75 Å². The number of rotatable bonds is 3. The van der Waals surface area contributed by atoms with Gasteiger partial charge in [0.2, 0.25) is 0 Å². The molecule has 0 heterocycles. The molecule has 0 atom stereocenters. The van der Waals surface area contributed by atoms with E-state index in [1.54, 1.807) is 0 Å². The molecule has 0 saturated carbocycles. The molecule has 0 unspecified atom stereocenters.